The van der Waals surface area contributed by atoms with Crippen molar-refractivity contribution in [3.8, 4) is 22.8 Å². The van der Waals surface area contributed by atoms with Crippen molar-refractivity contribution in [2.45, 2.75) is 25.7 Å². The van der Waals surface area contributed by atoms with Crippen molar-refractivity contribution in [3.63, 3.8) is 0 Å². The third-order valence-electron chi connectivity index (χ3n) is 3.61. The molecular weight excluding hydrogens is 242 g/mol. The van der Waals surface area contributed by atoms with Gasteiger partial charge in [0.05, 0.1) is 14.2 Å². The van der Waals surface area contributed by atoms with Crippen molar-refractivity contribution in [1.29, 1.82) is 0 Å². The van der Waals surface area contributed by atoms with Crippen LogP contribution >= 0.6 is 0 Å². The number of methoxy groups -OCH3 is 2. The molecule has 0 saturated heterocycles. The molecule has 19 heavy (non-hydrogen) atoms. The van der Waals surface area contributed by atoms with Crippen molar-refractivity contribution in [2.75, 3.05) is 14.2 Å². The van der Waals surface area contributed by atoms with E-state index in [-0.39, 0.29) is 0 Å². The summed E-state index contributed by atoms with van der Waals surface area (Å²) in [4.78, 5) is 0. The normalized spacial score (nSPS) is 14.0. The molecule has 1 aromatic carbocycles. The number of rotatable bonds is 3. The number of benzene rings is 1. The SMILES string of the molecule is COc1ccc(-c2noc3c2CCCC3)cc1OC. The van der Waals surface area contributed by atoms with Gasteiger partial charge in [0, 0.05) is 17.5 Å². The summed E-state index contributed by atoms with van der Waals surface area (Å²) >= 11 is 0. The molecule has 4 heteroatoms. The molecule has 0 radical (unpaired) electrons. The Morgan fingerprint density at radius 3 is 2.63 bits per heavy atom. The van der Waals surface area contributed by atoms with Gasteiger partial charge >= 0.3 is 0 Å². The van der Waals surface area contributed by atoms with E-state index in [4.69, 9.17) is 14.0 Å². The van der Waals surface area contributed by atoms with Crippen molar-refractivity contribution >= 4 is 0 Å². The molecule has 1 aliphatic carbocycles. The fourth-order valence-corrected chi connectivity index (χ4v) is 2.60. The molecule has 4 nitrogen and oxygen atoms in total. The number of hydrogen-bond acceptors (Lipinski definition) is 4. The van der Waals surface area contributed by atoms with E-state index in [9.17, 15) is 0 Å². The second-order valence-corrected chi connectivity index (χ2v) is 4.71. The summed E-state index contributed by atoms with van der Waals surface area (Å²) < 4.78 is 16.0. The number of hydrogen-bond donors (Lipinski definition) is 0. The van der Waals surface area contributed by atoms with Gasteiger partial charge in [-0.25, -0.2) is 0 Å². The van der Waals surface area contributed by atoms with E-state index in [0.717, 1.165) is 35.6 Å². The van der Waals surface area contributed by atoms with Crippen molar-refractivity contribution in [1.82, 2.24) is 5.16 Å². The van der Waals surface area contributed by atoms with Gasteiger partial charge in [-0.2, -0.15) is 0 Å². The van der Waals surface area contributed by atoms with Crippen molar-refractivity contribution < 1.29 is 14.0 Å². The standard InChI is InChI=1S/C15H17NO3/c1-17-13-8-7-10(9-14(13)18-2)15-11-5-3-4-6-12(11)19-16-15/h7-9H,3-6H2,1-2H3. The van der Waals surface area contributed by atoms with Crippen LogP contribution in [0, 0.1) is 0 Å². The molecule has 1 aromatic heterocycles. The predicted molar refractivity (Wildman–Crippen MR) is 71.7 cm³/mol. The van der Waals surface area contributed by atoms with Crippen LogP contribution in [0.2, 0.25) is 0 Å². The van der Waals surface area contributed by atoms with Gasteiger partial charge in [-0.15, -0.1) is 0 Å². The fourth-order valence-electron chi connectivity index (χ4n) is 2.60. The Hall–Kier alpha value is -1.97. The van der Waals surface area contributed by atoms with Crippen LogP contribution in [0.4, 0.5) is 0 Å². The average molecular weight is 259 g/mol. The van der Waals surface area contributed by atoms with Crippen LogP contribution in [-0.4, -0.2) is 19.4 Å². The Bertz CT molecular complexity index is 589. The largest absolute Gasteiger partial charge is 0.493 e. The third-order valence-corrected chi connectivity index (χ3v) is 3.61. The summed E-state index contributed by atoms with van der Waals surface area (Å²) in [5.41, 5.74) is 3.21. The molecule has 0 unspecified atom stereocenters. The van der Waals surface area contributed by atoms with E-state index < -0.39 is 0 Å². The molecule has 0 amide bonds. The minimum atomic E-state index is 0.715. The highest BCUT2D eigenvalue weighted by atomic mass is 16.5. The van der Waals surface area contributed by atoms with Crippen LogP contribution in [0.1, 0.15) is 24.2 Å². The molecule has 0 spiro atoms. The van der Waals surface area contributed by atoms with E-state index in [0.29, 0.717) is 5.75 Å². The Balaban J connectivity index is 2.04. The average Bonchev–Trinajstić information content (AvgIpc) is 2.90. The van der Waals surface area contributed by atoms with Crippen LogP contribution in [0.3, 0.4) is 0 Å². The van der Waals surface area contributed by atoms with Gasteiger partial charge in [0.1, 0.15) is 11.5 Å². The smallest absolute Gasteiger partial charge is 0.161 e. The molecule has 0 atom stereocenters. The van der Waals surface area contributed by atoms with Gasteiger partial charge in [-0.3, -0.25) is 0 Å². The maximum atomic E-state index is 5.45. The van der Waals surface area contributed by atoms with Gasteiger partial charge in [-0.1, -0.05) is 5.16 Å². The minimum Gasteiger partial charge on any atom is -0.493 e. The Kier molecular flexibility index (Phi) is 3.15. The molecule has 1 heterocycles. The monoisotopic (exact) mass is 259 g/mol. The zero-order chi connectivity index (χ0) is 13.2. The Morgan fingerprint density at radius 1 is 1.05 bits per heavy atom. The molecule has 2 aromatic rings. The summed E-state index contributed by atoms with van der Waals surface area (Å²) in [5, 5.41) is 4.23. The van der Waals surface area contributed by atoms with Gasteiger partial charge in [-0.05, 0) is 37.5 Å². The molecule has 0 aliphatic heterocycles. The molecule has 0 saturated carbocycles. The minimum absolute atomic E-state index is 0.715. The number of nitrogens with zero attached hydrogens (tertiary/aromatic N) is 1. The molecule has 0 bridgehead atoms. The van der Waals surface area contributed by atoms with Gasteiger partial charge < -0.3 is 14.0 Å². The first kappa shape index (κ1) is 12.1. The Morgan fingerprint density at radius 2 is 1.84 bits per heavy atom. The molecule has 0 N–H and O–H groups in total. The van der Waals surface area contributed by atoms with E-state index in [1.54, 1.807) is 14.2 Å². The Labute approximate surface area is 112 Å². The summed E-state index contributed by atoms with van der Waals surface area (Å²) in [6.45, 7) is 0. The molecule has 100 valence electrons. The first-order valence-corrected chi connectivity index (χ1v) is 6.53. The van der Waals surface area contributed by atoms with Crippen LogP contribution < -0.4 is 9.47 Å². The van der Waals surface area contributed by atoms with Crippen LogP contribution in [0.25, 0.3) is 11.3 Å². The highest BCUT2D eigenvalue weighted by molar-refractivity contribution is 5.67. The van der Waals surface area contributed by atoms with Crippen molar-refractivity contribution in [2.24, 2.45) is 0 Å². The van der Waals surface area contributed by atoms with Crippen LogP contribution in [0.5, 0.6) is 11.5 Å². The highest BCUT2D eigenvalue weighted by Gasteiger charge is 2.21. The first-order valence-electron chi connectivity index (χ1n) is 6.53. The van der Waals surface area contributed by atoms with Gasteiger partial charge in [0.15, 0.2) is 11.5 Å². The van der Waals surface area contributed by atoms with E-state index in [1.807, 2.05) is 18.2 Å². The second kappa shape index (κ2) is 4.96. The zero-order valence-electron chi connectivity index (χ0n) is 11.2. The van der Waals surface area contributed by atoms with E-state index in [1.165, 1.54) is 18.4 Å². The second-order valence-electron chi connectivity index (χ2n) is 4.71. The lowest BCUT2D eigenvalue weighted by atomic mass is 9.94. The maximum Gasteiger partial charge on any atom is 0.161 e. The van der Waals surface area contributed by atoms with Crippen LogP contribution in [-0.2, 0) is 12.8 Å². The lowest BCUT2D eigenvalue weighted by Crippen LogP contribution is -2.00. The summed E-state index contributed by atoms with van der Waals surface area (Å²) in [6.07, 6.45) is 4.43. The van der Waals surface area contributed by atoms with Crippen molar-refractivity contribution in [3.05, 3.63) is 29.5 Å². The summed E-state index contributed by atoms with van der Waals surface area (Å²) in [7, 11) is 3.27. The van der Waals surface area contributed by atoms with Gasteiger partial charge in [0.2, 0.25) is 0 Å². The molecule has 1 aliphatic rings. The van der Waals surface area contributed by atoms with E-state index >= 15 is 0 Å². The lowest BCUT2D eigenvalue weighted by Gasteiger charge is -2.11. The van der Waals surface area contributed by atoms with E-state index in [2.05, 4.69) is 5.16 Å². The molecule has 0 fully saturated rings. The quantitative estimate of drug-likeness (QED) is 0.848. The molecule has 3 rings (SSSR count). The predicted octanol–water partition coefficient (Wildman–Crippen LogP) is 3.24. The summed E-state index contributed by atoms with van der Waals surface area (Å²) in [5.74, 6) is 2.48. The maximum absolute atomic E-state index is 5.45. The topological polar surface area (TPSA) is 44.5 Å². The lowest BCUT2D eigenvalue weighted by molar-refractivity contribution is 0.355. The highest BCUT2D eigenvalue weighted by Crippen LogP contribution is 2.35. The van der Waals surface area contributed by atoms with Gasteiger partial charge in [0.25, 0.3) is 0 Å². The first-order chi connectivity index (χ1) is 9.33. The third kappa shape index (κ3) is 2.07. The zero-order valence-corrected chi connectivity index (χ0v) is 11.2. The number of ether oxygens (including phenoxy) is 2. The van der Waals surface area contributed by atoms with Crippen LogP contribution in [0.15, 0.2) is 22.7 Å². The summed E-state index contributed by atoms with van der Waals surface area (Å²) in [6, 6.07) is 5.84. The number of fused-ring (bicyclic) bond motifs is 1. The number of aromatic nitrogens is 1. The number of aryl methyl sites for hydroxylation is 1. The molecular formula is C15H17NO3. The fraction of sp³-hybridized carbons (Fsp3) is 0.400.